The van der Waals surface area contributed by atoms with Crippen molar-refractivity contribution in [1.29, 1.82) is 5.26 Å². The number of amides is 1. The molecule has 2 aromatic carbocycles. The zero-order valence-electron chi connectivity index (χ0n) is 14.1. The first-order chi connectivity index (χ1) is 12.2. The second-order valence-corrected chi connectivity index (χ2v) is 8.38. The number of aryl methyl sites for hydroxylation is 1. The zero-order valence-corrected chi connectivity index (χ0v) is 15.8. The third-order valence-corrected chi connectivity index (χ3v) is 6.44. The van der Waals surface area contributed by atoms with Crippen molar-refractivity contribution < 1.29 is 4.79 Å². The largest absolute Gasteiger partial charge is 0.354 e. The first-order valence-corrected chi connectivity index (χ1v) is 10.3. The van der Waals surface area contributed by atoms with Gasteiger partial charge in [-0.15, -0.1) is 11.8 Å². The van der Waals surface area contributed by atoms with Gasteiger partial charge in [0.15, 0.2) is 0 Å². The molecule has 1 N–H and O–H groups in total. The number of benzene rings is 2. The van der Waals surface area contributed by atoms with Crippen LogP contribution in [0.25, 0.3) is 0 Å². The Kier molecular flexibility index (Phi) is 6.06. The summed E-state index contributed by atoms with van der Waals surface area (Å²) in [6, 6.07) is 16.3. The maximum atomic E-state index is 12.3. The minimum absolute atomic E-state index is 0.0129. The molecule has 1 heterocycles. The number of rotatable bonds is 6. The van der Waals surface area contributed by atoms with E-state index < -0.39 is 0 Å². The number of thioether (sulfide) groups is 2. The van der Waals surface area contributed by atoms with Gasteiger partial charge < -0.3 is 5.32 Å². The highest BCUT2D eigenvalue weighted by molar-refractivity contribution is 8.01. The topological polar surface area (TPSA) is 52.9 Å². The smallest absolute Gasteiger partial charge is 0.233 e. The lowest BCUT2D eigenvalue weighted by Gasteiger charge is -2.10. The first-order valence-electron chi connectivity index (χ1n) is 8.27. The van der Waals surface area contributed by atoms with E-state index >= 15 is 0 Å². The summed E-state index contributed by atoms with van der Waals surface area (Å²) in [7, 11) is 0. The maximum Gasteiger partial charge on any atom is 0.233 e. The lowest BCUT2D eigenvalue weighted by molar-refractivity contribution is -0.120. The average Bonchev–Trinajstić information content (AvgIpc) is 3.05. The van der Waals surface area contributed by atoms with E-state index in [1.54, 1.807) is 23.5 Å². The van der Waals surface area contributed by atoms with Gasteiger partial charge in [0.1, 0.15) is 0 Å². The lowest BCUT2D eigenvalue weighted by atomic mass is 10.1. The molecular formula is C20H20N2OS2. The van der Waals surface area contributed by atoms with Crippen molar-refractivity contribution >= 4 is 29.4 Å². The minimum Gasteiger partial charge on any atom is -0.354 e. The highest BCUT2D eigenvalue weighted by Crippen LogP contribution is 2.37. The van der Waals surface area contributed by atoms with E-state index in [9.17, 15) is 4.79 Å². The SMILES string of the molecule is Cc1ccc2c(c1)S[C@H](C(=O)NCCSCc1ccccc1C#N)C2. The Bertz CT molecular complexity index is 814. The van der Waals surface area contributed by atoms with Crippen molar-refractivity contribution in [2.45, 2.75) is 29.2 Å². The zero-order chi connectivity index (χ0) is 17.6. The molecule has 1 atom stereocenters. The fourth-order valence-corrected chi connectivity index (χ4v) is 4.96. The van der Waals surface area contributed by atoms with Crippen LogP contribution in [0.5, 0.6) is 0 Å². The monoisotopic (exact) mass is 368 g/mol. The lowest BCUT2D eigenvalue weighted by Crippen LogP contribution is -2.33. The predicted molar refractivity (Wildman–Crippen MR) is 105 cm³/mol. The predicted octanol–water partition coefficient (Wildman–Crippen LogP) is 3.93. The third kappa shape index (κ3) is 4.59. The Morgan fingerprint density at radius 1 is 1.36 bits per heavy atom. The van der Waals surface area contributed by atoms with Crippen molar-refractivity contribution in [2.75, 3.05) is 12.3 Å². The van der Waals surface area contributed by atoms with E-state index in [1.807, 2.05) is 24.3 Å². The third-order valence-electron chi connectivity index (χ3n) is 4.13. The van der Waals surface area contributed by atoms with Gasteiger partial charge in [-0.25, -0.2) is 0 Å². The second kappa shape index (κ2) is 8.46. The van der Waals surface area contributed by atoms with Crippen molar-refractivity contribution in [3.05, 3.63) is 64.7 Å². The molecule has 0 aromatic heterocycles. The molecule has 128 valence electrons. The average molecular weight is 369 g/mol. The van der Waals surface area contributed by atoms with Crippen LogP contribution in [0.3, 0.4) is 0 Å². The van der Waals surface area contributed by atoms with Crippen molar-refractivity contribution in [1.82, 2.24) is 5.32 Å². The Hall–Kier alpha value is -1.90. The molecule has 0 saturated heterocycles. The number of hydrogen-bond donors (Lipinski definition) is 1. The molecule has 0 aliphatic carbocycles. The molecule has 1 aliphatic rings. The van der Waals surface area contributed by atoms with Gasteiger partial charge in [0.05, 0.1) is 16.9 Å². The fraction of sp³-hybridized carbons (Fsp3) is 0.300. The second-order valence-electron chi connectivity index (χ2n) is 6.03. The molecule has 5 heteroatoms. The quantitative estimate of drug-likeness (QED) is 0.785. The van der Waals surface area contributed by atoms with E-state index in [4.69, 9.17) is 5.26 Å². The van der Waals surface area contributed by atoms with E-state index in [-0.39, 0.29) is 11.2 Å². The van der Waals surface area contributed by atoms with Crippen LogP contribution >= 0.6 is 23.5 Å². The van der Waals surface area contributed by atoms with Gasteiger partial charge in [-0.1, -0.05) is 35.9 Å². The summed E-state index contributed by atoms with van der Waals surface area (Å²) >= 11 is 3.41. The Morgan fingerprint density at radius 2 is 2.20 bits per heavy atom. The van der Waals surface area contributed by atoms with Crippen molar-refractivity contribution in [3.8, 4) is 6.07 Å². The van der Waals surface area contributed by atoms with Crippen LogP contribution in [0.1, 0.15) is 22.3 Å². The van der Waals surface area contributed by atoms with Crippen LogP contribution in [-0.4, -0.2) is 23.5 Å². The molecule has 0 bridgehead atoms. The molecule has 0 saturated carbocycles. The van der Waals surface area contributed by atoms with Gasteiger partial charge in [-0.05, 0) is 36.6 Å². The highest BCUT2D eigenvalue weighted by atomic mass is 32.2. The Morgan fingerprint density at radius 3 is 3.04 bits per heavy atom. The van der Waals surface area contributed by atoms with Gasteiger partial charge in [-0.3, -0.25) is 4.79 Å². The van der Waals surface area contributed by atoms with Gasteiger partial charge in [-0.2, -0.15) is 17.0 Å². The molecule has 1 amide bonds. The summed E-state index contributed by atoms with van der Waals surface area (Å²) in [4.78, 5) is 13.6. The molecular weight excluding hydrogens is 348 g/mol. The number of carbonyl (C=O) groups is 1. The fourth-order valence-electron chi connectivity index (χ4n) is 2.78. The summed E-state index contributed by atoms with van der Waals surface area (Å²) in [5.74, 6) is 1.76. The molecule has 0 spiro atoms. The van der Waals surface area contributed by atoms with Crippen LogP contribution < -0.4 is 5.32 Å². The van der Waals surface area contributed by atoms with E-state index in [2.05, 4.69) is 36.5 Å². The number of nitrogens with one attached hydrogen (secondary N) is 1. The van der Waals surface area contributed by atoms with Crippen LogP contribution in [0.2, 0.25) is 0 Å². The molecule has 3 nitrogen and oxygen atoms in total. The molecule has 1 aliphatic heterocycles. The number of hydrogen-bond acceptors (Lipinski definition) is 4. The molecule has 3 rings (SSSR count). The molecule has 25 heavy (non-hydrogen) atoms. The molecule has 0 unspecified atom stereocenters. The summed E-state index contributed by atoms with van der Waals surface area (Å²) < 4.78 is 0. The summed E-state index contributed by atoms with van der Waals surface area (Å²) in [6.07, 6.45) is 0.814. The number of carbonyl (C=O) groups excluding carboxylic acids is 1. The van der Waals surface area contributed by atoms with Gasteiger partial charge >= 0.3 is 0 Å². The van der Waals surface area contributed by atoms with Crippen LogP contribution in [-0.2, 0) is 17.0 Å². The van der Waals surface area contributed by atoms with E-state index in [0.29, 0.717) is 6.54 Å². The van der Waals surface area contributed by atoms with Gasteiger partial charge in [0.2, 0.25) is 5.91 Å². The Labute approximate surface area is 157 Å². The van der Waals surface area contributed by atoms with Crippen LogP contribution in [0.15, 0.2) is 47.4 Å². The number of nitriles is 1. The van der Waals surface area contributed by atoms with E-state index in [0.717, 1.165) is 29.1 Å². The molecule has 2 aromatic rings. The van der Waals surface area contributed by atoms with Crippen molar-refractivity contribution in [2.24, 2.45) is 0 Å². The molecule has 0 radical (unpaired) electrons. The summed E-state index contributed by atoms with van der Waals surface area (Å²) in [6.45, 7) is 2.74. The normalized spacial score (nSPS) is 15.4. The standard InChI is InChI=1S/C20H20N2OS2/c1-14-6-7-15-11-19(25-18(15)10-14)20(23)22-8-9-24-13-17-5-3-2-4-16(17)12-21/h2-7,10,19H,8-9,11,13H2,1H3,(H,22,23)/t19-/m0/s1. The number of nitrogens with zero attached hydrogens (tertiary/aromatic N) is 1. The number of fused-ring (bicyclic) bond motifs is 1. The Balaban J connectivity index is 1.40. The van der Waals surface area contributed by atoms with E-state index in [1.165, 1.54) is 16.0 Å². The maximum absolute atomic E-state index is 12.3. The van der Waals surface area contributed by atoms with Crippen molar-refractivity contribution in [3.63, 3.8) is 0 Å². The molecule has 0 fully saturated rings. The summed E-state index contributed by atoms with van der Waals surface area (Å²) in [5, 5.41) is 12.1. The first kappa shape index (κ1) is 17.9. The minimum atomic E-state index is -0.0129. The summed E-state index contributed by atoms with van der Waals surface area (Å²) in [5.41, 5.74) is 4.30. The van der Waals surface area contributed by atoms with Gasteiger partial charge in [0, 0.05) is 22.9 Å². The van der Waals surface area contributed by atoms with Crippen LogP contribution in [0, 0.1) is 18.3 Å². The highest BCUT2D eigenvalue weighted by Gasteiger charge is 2.27. The van der Waals surface area contributed by atoms with Gasteiger partial charge in [0.25, 0.3) is 0 Å². The van der Waals surface area contributed by atoms with Crippen LogP contribution in [0.4, 0.5) is 0 Å².